The average molecular weight is 801 g/mol. The highest BCUT2D eigenvalue weighted by Crippen LogP contribution is 2.66. The van der Waals surface area contributed by atoms with E-state index >= 15 is 0 Å². The summed E-state index contributed by atoms with van der Waals surface area (Å²) >= 11 is 0. The quantitative estimate of drug-likeness (QED) is 0.164. The molecule has 0 atom stereocenters. The van der Waals surface area contributed by atoms with E-state index in [1.807, 2.05) is 12.4 Å². The summed E-state index contributed by atoms with van der Waals surface area (Å²) in [4.78, 5) is 4.51. The van der Waals surface area contributed by atoms with Crippen molar-refractivity contribution in [2.75, 3.05) is 0 Å². The van der Waals surface area contributed by atoms with E-state index in [1.165, 1.54) is 88.8 Å². The highest BCUT2D eigenvalue weighted by Gasteiger charge is 2.60. The van der Waals surface area contributed by atoms with Gasteiger partial charge in [-0.2, -0.15) is 0 Å². The molecule has 0 saturated carbocycles. The van der Waals surface area contributed by atoms with Crippen LogP contribution < -0.4 is 0 Å². The molecule has 3 aliphatic rings. The van der Waals surface area contributed by atoms with Gasteiger partial charge in [0.1, 0.15) is 0 Å². The second-order valence-electron chi connectivity index (χ2n) is 17.0. The predicted molar refractivity (Wildman–Crippen MR) is 259 cm³/mol. The minimum atomic E-state index is -0.572. The fraction of sp³-hybridized carbons (Fsp3) is 0.0328. The third-order valence-corrected chi connectivity index (χ3v) is 14.1. The molecule has 3 aliphatic carbocycles. The molecule has 2 nitrogen and oxygen atoms in total. The molecule has 0 radical (unpaired) electrons. The Morgan fingerprint density at radius 3 is 1.35 bits per heavy atom. The van der Waals surface area contributed by atoms with Crippen molar-refractivity contribution in [2.24, 2.45) is 0 Å². The first-order valence-corrected chi connectivity index (χ1v) is 21.9. The van der Waals surface area contributed by atoms with Gasteiger partial charge in [-0.25, -0.2) is 0 Å². The zero-order valence-corrected chi connectivity index (χ0v) is 34.5. The van der Waals surface area contributed by atoms with Crippen LogP contribution in [0.4, 0.5) is 0 Å². The van der Waals surface area contributed by atoms with E-state index in [0.717, 1.165) is 16.6 Å². The molecule has 294 valence electrons. The van der Waals surface area contributed by atoms with Crippen LogP contribution >= 0.6 is 0 Å². The van der Waals surface area contributed by atoms with Crippen LogP contribution in [0.25, 0.3) is 60.9 Å². The minimum absolute atomic E-state index is 0.541. The van der Waals surface area contributed by atoms with E-state index < -0.39 is 10.8 Å². The Balaban J connectivity index is 1.08. The Bertz CT molecular complexity index is 3440. The molecule has 0 fully saturated rings. The highest BCUT2D eigenvalue weighted by molar-refractivity contribution is 6.09. The molecule has 0 spiro atoms. The molecule has 0 amide bonds. The van der Waals surface area contributed by atoms with Crippen LogP contribution in [-0.2, 0) is 10.8 Å². The SMILES string of the molecule is c1ccc(-c2ccc(C34c5ccccc5C(c5ccc(-c6ccccc6)cc5)(c5ccccc53)c3cc(-c5cccc(-n6c7ccccc7c7cnccc76)c5)ccc34)cc2)cc1. The summed E-state index contributed by atoms with van der Waals surface area (Å²) < 4.78 is 2.38. The standard InChI is InChI=1S/C61H40N2/c1-3-14-41(15-4-1)43-26-31-47(32-27-43)60-52-21-8-10-23-54(52)61(55-24-11-9-22-53(55)60,48-33-28-44(29-34-48)42-16-5-2-6-17-42)57-39-46(30-35-56(57)60)45-18-13-19-49(38-45)63-58-25-12-7-20-50(58)51-40-62-37-36-59(51)63/h1-40H. The van der Waals surface area contributed by atoms with Crippen LogP contribution in [0, 0.1) is 0 Å². The van der Waals surface area contributed by atoms with Gasteiger partial charge in [-0.15, -0.1) is 0 Å². The van der Waals surface area contributed by atoms with Gasteiger partial charge in [-0.3, -0.25) is 4.98 Å². The van der Waals surface area contributed by atoms with E-state index in [-0.39, 0.29) is 0 Å². The first-order valence-electron chi connectivity index (χ1n) is 21.9. The molecular weight excluding hydrogens is 761 g/mol. The Morgan fingerprint density at radius 1 is 0.302 bits per heavy atom. The van der Waals surface area contributed by atoms with Gasteiger partial charge >= 0.3 is 0 Å². The maximum absolute atomic E-state index is 4.51. The van der Waals surface area contributed by atoms with Gasteiger partial charge in [0, 0.05) is 28.9 Å². The summed E-state index contributed by atoms with van der Waals surface area (Å²) in [6, 6.07) is 85.9. The smallest absolute Gasteiger partial charge is 0.0711 e. The first kappa shape index (κ1) is 35.7. The van der Waals surface area contributed by atoms with Gasteiger partial charge in [0.15, 0.2) is 0 Å². The lowest BCUT2D eigenvalue weighted by Gasteiger charge is -2.57. The molecule has 2 bridgehead atoms. The van der Waals surface area contributed by atoms with Crippen LogP contribution in [0.3, 0.4) is 0 Å². The van der Waals surface area contributed by atoms with Crippen molar-refractivity contribution in [1.82, 2.24) is 9.55 Å². The maximum Gasteiger partial charge on any atom is 0.0711 e. The Labute approximate surface area is 367 Å². The Morgan fingerprint density at radius 2 is 0.746 bits per heavy atom. The van der Waals surface area contributed by atoms with Crippen LogP contribution in [-0.4, -0.2) is 9.55 Å². The second kappa shape index (κ2) is 13.7. The zero-order chi connectivity index (χ0) is 41.5. The predicted octanol–water partition coefficient (Wildman–Crippen LogP) is 14.6. The molecule has 63 heavy (non-hydrogen) atoms. The lowest BCUT2D eigenvalue weighted by atomic mass is 9.44. The van der Waals surface area contributed by atoms with E-state index in [9.17, 15) is 0 Å². The number of rotatable bonds is 6. The third kappa shape index (κ3) is 4.98. The third-order valence-electron chi connectivity index (χ3n) is 14.1. The fourth-order valence-corrected chi connectivity index (χ4v) is 11.4. The van der Waals surface area contributed by atoms with Crippen molar-refractivity contribution < 1.29 is 0 Å². The molecule has 0 N–H and O–H groups in total. The van der Waals surface area contributed by atoms with Crippen molar-refractivity contribution >= 4 is 21.8 Å². The van der Waals surface area contributed by atoms with E-state index in [0.29, 0.717) is 0 Å². The molecule has 2 aromatic heterocycles. The molecular formula is C61H40N2. The van der Waals surface area contributed by atoms with Gasteiger partial charge in [0.05, 0.1) is 21.9 Å². The number of para-hydroxylation sites is 1. The van der Waals surface area contributed by atoms with Crippen molar-refractivity contribution in [1.29, 1.82) is 0 Å². The summed E-state index contributed by atoms with van der Waals surface area (Å²) in [6.45, 7) is 0. The lowest BCUT2D eigenvalue weighted by molar-refractivity contribution is 0.557. The van der Waals surface area contributed by atoms with Crippen molar-refractivity contribution in [2.45, 2.75) is 10.8 Å². The topological polar surface area (TPSA) is 17.8 Å². The molecule has 9 aromatic carbocycles. The molecule has 0 aliphatic heterocycles. The number of aromatic nitrogens is 2. The molecule has 14 rings (SSSR count). The summed E-state index contributed by atoms with van der Waals surface area (Å²) in [5, 5.41) is 2.36. The molecule has 2 heteroatoms. The molecule has 0 saturated heterocycles. The maximum atomic E-state index is 4.51. The van der Waals surface area contributed by atoms with Gasteiger partial charge in [-0.1, -0.05) is 200 Å². The molecule has 2 heterocycles. The van der Waals surface area contributed by atoms with E-state index in [4.69, 9.17) is 0 Å². The number of pyridine rings is 1. The Kier molecular flexibility index (Phi) is 7.77. The van der Waals surface area contributed by atoms with Gasteiger partial charge in [0.25, 0.3) is 0 Å². The molecule has 0 unspecified atom stereocenters. The summed E-state index contributed by atoms with van der Waals surface area (Å²) in [7, 11) is 0. The van der Waals surface area contributed by atoms with Gasteiger partial charge < -0.3 is 4.57 Å². The summed E-state index contributed by atoms with van der Waals surface area (Å²) in [5.41, 5.74) is 20.1. The zero-order valence-electron chi connectivity index (χ0n) is 34.5. The number of fused-ring (bicyclic) bond motifs is 3. The fourth-order valence-electron chi connectivity index (χ4n) is 11.4. The minimum Gasteiger partial charge on any atom is -0.309 e. The largest absolute Gasteiger partial charge is 0.309 e. The van der Waals surface area contributed by atoms with Crippen LogP contribution in [0.1, 0.15) is 44.5 Å². The average Bonchev–Trinajstić information content (AvgIpc) is 3.71. The van der Waals surface area contributed by atoms with Crippen molar-refractivity contribution in [3.63, 3.8) is 0 Å². The summed E-state index contributed by atoms with van der Waals surface area (Å²) in [6.07, 6.45) is 3.88. The van der Waals surface area contributed by atoms with Crippen LogP contribution in [0.15, 0.2) is 243 Å². The van der Waals surface area contributed by atoms with Crippen molar-refractivity contribution in [3.05, 3.63) is 287 Å². The van der Waals surface area contributed by atoms with E-state index in [2.05, 4.69) is 240 Å². The normalized spacial score (nSPS) is 17.0. The van der Waals surface area contributed by atoms with Crippen LogP contribution in [0.2, 0.25) is 0 Å². The lowest BCUT2D eigenvalue weighted by Crippen LogP contribution is -2.51. The van der Waals surface area contributed by atoms with Gasteiger partial charge in [-0.05, 0) is 108 Å². The first-order chi connectivity index (χ1) is 31.2. The number of hydrogen-bond donors (Lipinski definition) is 0. The Hall–Kier alpha value is -8.07. The van der Waals surface area contributed by atoms with Gasteiger partial charge in [0.2, 0.25) is 0 Å². The number of hydrogen-bond acceptors (Lipinski definition) is 1. The number of benzene rings is 9. The second-order valence-corrected chi connectivity index (χ2v) is 17.0. The number of nitrogens with zero attached hydrogens (tertiary/aromatic N) is 2. The van der Waals surface area contributed by atoms with Crippen LogP contribution in [0.5, 0.6) is 0 Å². The van der Waals surface area contributed by atoms with E-state index in [1.54, 1.807) is 0 Å². The van der Waals surface area contributed by atoms with Crippen molar-refractivity contribution in [3.8, 4) is 39.1 Å². The highest BCUT2D eigenvalue weighted by atomic mass is 15.0. The monoisotopic (exact) mass is 800 g/mol. The molecule has 11 aromatic rings. The summed E-state index contributed by atoms with van der Waals surface area (Å²) in [5.74, 6) is 0.